The van der Waals surface area contributed by atoms with Crippen molar-refractivity contribution in [2.45, 2.75) is 56.1 Å². The standard InChI is InChI=1S/C25H29NO5/c1-29-20-11-15(5-8-21(28)30-2)16-12-18-17-6-7-19(27)24-25(17,22(16)23(20)31-24)9-10-26(18)13-14-3-4-14/h5,8,11,14,17-18,24H,3-4,6-7,9-10,12-13H2,1-2H3/b8-5+/t17?,18-,24+,25+/m0/s1. The van der Waals surface area contributed by atoms with E-state index in [4.69, 9.17) is 14.2 Å². The Morgan fingerprint density at radius 1 is 1.32 bits per heavy atom. The maximum Gasteiger partial charge on any atom is 0.330 e. The number of ketones is 1. The molecule has 1 saturated heterocycles. The van der Waals surface area contributed by atoms with Crippen molar-refractivity contribution < 1.29 is 23.8 Å². The van der Waals surface area contributed by atoms with Crippen molar-refractivity contribution in [2.75, 3.05) is 27.3 Å². The molecule has 3 aliphatic carbocycles. The number of esters is 1. The van der Waals surface area contributed by atoms with Gasteiger partial charge in [-0.3, -0.25) is 9.69 Å². The van der Waals surface area contributed by atoms with Gasteiger partial charge in [0.2, 0.25) is 0 Å². The summed E-state index contributed by atoms with van der Waals surface area (Å²) in [6, 6.07) is 2.37. The first-order chi connectivity index (χ1) is 15.1. The molecule has 6 nitrogen and oxygen atoms in total. The van der Waals surface area contributed by atoms with E-state index in [2.05, 4.69) is 4.90 Å². The lowest BCUT2D eigenvalue weighted by atomic mass is 9.51. The molecule has 2 heterocycles. The molecule has 0 N–H and O–H groups in total. The number of nitrogens with zero attached hydrogens (tertiary/aromatic N) is 1. The van der Waals surface area contributed by atoms with Gasteiger partial charge in [0.15, 0.2) is 23.4 Å². The van der Waals surface area contributed by atoms with E-state index in [1.807, 2.05) is 12.1 Å². The van der Waals surface area contributed by atoms with Crippen LogP contribution in [0.1, 0.15) is 48.8 Å². The van der Waals surface area contributed by atoms with E-state index in [0.717, 1.165) is 43.0 Å². The fourth-order valence-electron chi connectivity index (χ4n) is 6.89. The third-order valence-corrected chi connectivity index (χ3v) is 8.38. The summed E-state index contributed by atoms with van der Waals surface area (Å²) in [6.45, 7) is 2.19. The molecule has 1 aromatic rings. The lowest BCUT2D eigenvalue weighted by molar-refractivity contribution is -0.139. The Bertz CT molecular complexity index is 996. The largest absolute Gasteiger partial charge is 0.493 e. The monoisotopic (exact) mass is 423 g/mol. The van der Waals surface area contributed by atoms with Crippen LogP contribution in [-0.2, 0) is 26.2 Å². The van der Waals surface area contributed by atoms with Crippen molar-refractivity contribution in [1.29, 1.82) is 0 Å². The van der Waals surface area contributed by atoms with Gasteiger partial charge in [0.05, 0.1) is 14.2 Å². The number of carbonyl (C=O) groups is 2. The minimum absolute atomic E-state index is 0.225. The summed E-state index contributed by atoms with van der Waals surface area (Å²) in [6.07, 6.45) is 9.00. The van der Waals surface area contributed by atoms with Gasteiger partial charge in [0, 0.05) is 36.1 Å². The van der Waals surface area contributed by atoms with E-state index < -0.39 is 6.10 Å². The SMILES string of the molecule is COC(=O)/C=C/c1cc(OC)c2c3c1C[C@H]1C4CCC(=O)[C@@H](O2)[C@@]34CCN1CC1CC1. The maximum absolute atomic E-state index is 13.1. The number of hydrogen-bond donors (Lipinski definition) is 0. The molecule has 1 aromatic carbocycles. The van der Waals surface area contributed by atoms with Crippen LogP contribution in [0, 0.1) is 11.8 Å². The van der Waals surface area contributed by atoms with Crippen molar-refractivity contribution in [1.82, 2.24) is 4.90 Å². The Hall–Kier alpha value is -2.34. The molecule has 6 heteroatoms. The minimum atomic E-state index is -0.403. The van der Waals surface area contributed by atoms with Gasteiger partial charge in [-0.25, -0.2) is 4.79 Å². The molecule has 6 rings (SSSR count). The highest BCUT2D eigenvalue weighted by atomic mass is 16.5. The number of carbonyl (C=O) groups excluding carboxylic acids is 2. The van der Waals surface area contributed by atoms with Crippen LogP contribution in [0.5, 0.6) is 11.5 Å². The second-order valence-electron chi connectivity index (χ2n) is 9.82. The van der Waals surface area contributed by atoms with E-state index in [9.17, 15) is 9.59 Å². The summed E-state index contributed by atoms with van der Waals surface area (Å²) in [4.78, 5) is 27.6. The van der Waals surface area contributed by atoms with Gasteiger partial charge >= 0.3 is 5.97 Å². The summed E-state index contributed by atoms with van der Waals surface area (Å²) in [5.41, 5.74) is 3.11. The molecule has 1 unspecified atom stereocenters. The molecule has 31 heavy (non-hydrogen) atoms. The molecule has 2 saturated carbocycles. The average molecular weight is 424 g/mol. The van der Waals surface area contributed by atoms with Crippen molar-refractivity contribution in [2.24, 2.45) is 11.8 Å². The summed E-state index contributed by atoms with van der Waals surface area (Å²) >= 11 is 0. The Labute approximate surface area is 182 Å². The molecule has 2 bridgehead atoms. The first kappa shape index (κ1) is 19.4. The fourth-order valence-corrected chi connectivity index (χ4v) is 6.89. The van der Waals surface area contributed by atoms with Gasteiger partial charge in [-0.15, -0.1) is 0 Å². The molecule has 2 aliphatic heterocycles. The van der Waals surface area contributed by atoms with Crippen LogP contribution in [0.4, 0.5) is 0 Å². The van der Waals surface area contributed by atoms with Crippen LogP contribution >= 0.6 is 0 Å². The van der Waals surface area contributed by atoms with Gasteiger partial charge in [-0.05, 0) is 73.8 Å². The third kappa shape index (κ3) is 2.67. The van der Waals surface area contributed by atoms with Crippen LogP contribution in [0.2, 0.25) is 0 Å². The Balaban J connectivity index is 1.53. The number of benzene rings is 1. The molecule has 164 valence electrons. The Morgan fingerprint density at radius 2 is 2.16 bits per heavy atom. The van der Waals surface area contributed by atoms with Crippen molar-refractivity contribution in [3.8, 4) is 11.5 Å². The number of likely N-dealkylation sites (tertiary alicyclic amines) is 1. The smallest absolute Gasteiger partial charge is 0.330 e. The fraction of sp³-hybridized carbons (Fsp3) is 0.600. The number of Topliss-reactive ketones (excluding diaryl/α,β-unsaturated/α-hetero) is 1. The zero-order valence-electron chi connectivity index (χ0n) is 18.2. The first-order valence-electron chi connectivity index (χ1n) is 11.5. The number of piperidine rings is 1. The normalized spacial score (nSPS) is 33.2. The number of rotatable bonds is 5. The molecule has 5 aliphatic rings. The van der Waals surface area contributed by atoms with Crippen LogP contribution in [0.3, 0.4) is 0 Å². The van der Waals surface area contributed by atoms with Crippen molar-refractivity contribution in [3.05, 3.63) is 28.8 Å². The van der Waals surface area contributed by atoms with E-state index in [-0.39, 0.29) is 17.2 Å². The topological polar surface area (TPSA) is 65.1 Å². The number of hydrogen-bond acceptors (Lipinski definition) is 6. The highest BCUT2D eigenvalue weighted by Gasteiger charge is 2.66. The summed E-state index contributed by atoms with van der Waals surface area (Å²) in [5.74, 6) is 2.52. The second kappa shape index (κ2) is 6.83. The molecule has 1 spiro atoms. The number of ether oxygens (including phenoxy) is 3. The lowest BCUT2D eigenvalue weighted by Crippen LogP contribution is -2.66. The summed E-state index contributed by atoms with van der Waals surface area (Å²) in [5, 5.41) is 0. The van der Waals surface area contributed by atoms with Crippen LogP contribution in [0.25, 0.3) is 6.08 Å². The number of methoxy groups -OCH3 is 2. The predicted octanol–water partition coefficient (Wildman–Crippen LogP) is 2.90. The Morgan fingerprint density at radius 3 is 2.90 bits per heavy atom. The quantitative estimate of drug-likeness (QED) is 0.536. The van der Waals surface area contributed by atoms with Gasteiger partial charge in [0.1, 0.15) is 0 Å². The van der Waals surface area contributed by atoms with Gasteiger partial charge in [0.25, 0.3) is 0 Å². The highest BCUT2D eigenvalue weighted by molar-refractivity contribution is 5.91. The minimum Gasteiger partial charge on any atom is -0.493 e. The van der Waals surface area contributed by atoms with Crippen molar-refractivity contribution >= 4 is 17.8 Å². The van der Waals surface area contributed by atoms with Crippen LogP contribution in [-0.4, -0.2) is 56.1 Å². The first-order valence-corrected chi connectivity index (χ1v) is 11.5. The lowest BCUT2D eigenvalue weighted by Gasteiger charge is -2.58. The highest BCUT2D eigenvalue weighted by Crippen LogP contribution is 2.64. The molecule has 0 amide bonds. The molecule has 0 aromatic heterocycles. The van der Waals surface area contributed by atoms with Gasteiger partial charge in [-0.1, -0.05) is 0 Å². The molecular weight excluding hydrogens is 394 g/mol. The maximum atomic E-state index is 13.1. The van der Waals surface area contributed by atoms with Gasteiger partial charge in [-0.2, -0.15) is 0 Å². The molecule has 3 fully saturated rings. The van der Waals surface area contributed by atoms with E-state index in [1.54, 1.807) is 7.11 Å². The third-order valence-electron chi connectivity index (χ3n) is 8.38. The van der Waals surface area contributed by atoms with Crippen molar-refractivity contribution in [3.63, 3.8) is 0 Å². The van der Waals surface area contributed by atoms with E-state index in [1.165, 1.54) is 43.7 Å². The summed E-state index contributed by atoms with van der Waals surface area (Å²) in [7, 11) is 3.02. The van der Waals surface area contributed by atoms with Gasteiger partial charge < -0.3 is 14.2 Å². The molecule has 0 radical (unpaired) electrons. The van der Waals surface area contributed by atoms with Crippen LogP contribution < -0.4 is 9.47 Å². The summed E-state index contributed by atoms with van der Waals surface area (Å²) < 4.78 is 17.0. The molecule has 4 atom stereocenters. The van der Waals surface area contributed by atoms with E-state index in [0.29, 0.717) is 24.1 Å². The second-order valence-corrected chi connectivity index (χ2v) is 9.82. The molecular formula is C25H29NO5. The average Bonchev–Trinajstić information content (AvgIpc) is 3.53. The van der Waals surface area contributed by atoms with E-state index >= 15 is 0 Å². The van der Waals surface area contributed by atoms with Crippen LogP contribution in [0.15, 0.2) is 12.1 Å². The zero-order valence-corrected chi connectivity index (χ0v) is 18.2. The zero-order chi connectivity index (χ0) is 21.3. The predicted molar refractivity (Wildman–Crippen MR) is 114 cm³/mol. The Kier molecular flexibility index (Phi) is 4.26.